The molecule has 5 rings (SSSR count). The molecular weight excluding hydrogens is 504 g/mol. The Morgan fingerprint density at radius 2 is 1.82 bits per heavy atom. The minimum Gasteiger partial charge on any atom is -0.486 e. The van der Waals surface area contributed by atoms with Gasteiger partial charge in [0.05, 0.1) is 12.1 Å². The first-order valence-electron chi connectivity index (χ1n) is 13.8. The maximum atomic E-state index is 13.5. The Morgan fingerprint density at radius 3 is 2.60 bits per heavy atom. The number of aromatic amines is 1. The second-order valence-corrected chi connectivity index (χ2v) is 10.3. The Bertz CT molecular complexity index is 1470. The van der Waals surface area contributed by atoms with Gasteiger partial charge in [-0.2, -0.15) is 0 Å². The van der Waals surface area contributed by atoms with Crippen LogP contribution in [0.1, 0.15) is 60.7 Å². The minimum atomic E-state index is -1.04. The Balaban J connectivity index is 1.43. The predicted octanol–water partition coefficient (Wildman–Crippen LogP) is 4.61. The van der Waals surface area contributed by atoms with Crippen molar-refractivity contribution < 1.29 is 19.4 Å². The highest BCUT2D eigenvalue weighted by Crippen LogP contribution is 2.36. The van der Waals surface area contributed by atoms with Gasteiger partial charge in [0, 0.05) is 16.6 Å². The summed E-state index contributed by atoms with van der Waals surface area (Å²) < 4.78 is 6.29. The molecular formula is C32H36N4O4. The number of nitrogens with one attached hydrogen (secondary N) is 3. The summed E-state index contributed by atoms with van der Waals surface area (Å²) in [5, 5.41) is 17.0. The first-order chi connectivity index (χ1) is 19.4. The number of rotatable bonds is 11. The van der Waals surface area contributed by atoms with Gasteiger partial charge >= 0.3 is 5.97 Å². The number of hydrogen-bond donors (Lipinski definition) is 5. The molecule has 1 aromatic heterocycles. The third kappa shape index (κ3) is 6.03. The lowest BCUT2D eigenvalue weighted by Gasteiger charge is -2.32. The molecule has 8 nitrogen and oxygen atoms in total. The Hall–Kier alpha value is -4.14. The molecule has 0 bridgehead atoms. The number of amides is 1. The van der Waals surface area contributed by atoms with E-state index in [9.17, 15) is 14.7 Å². The fourth-order valence-electron chi connectivity index (χ4n) is 5.45. The van der Waals surface area contributed by atoms with Gasteiger partial charge in [-0.25, -0.2) is 4.79 Å². The van der Waals surface area contributed by atoms with Crippen molar-refractivity contribution in [3.05, 3.63) is 101 Å². The van der Waals surface area contributed by atoms with Crippen molar-refractivity contribution in [2.75, 3.05) is 6.54 Å². The van der Waals surface area contributed by atoms with Crippen LogP contribution >= 0.6 is 0 Å². The third-order valence-electron chi connectivity index (χ3n) is 7.56. The Kier molecular flexibility index (Phi) is 8.48. The Labute approximate surface area is 233 Å². The summed E-state index contributed by atoms with van der Waals surface area (Å²) in [6.07, 6.45) is 1.99. The molecule has 3 aromatic carbocycles. The zero-order valence-corrected chi connectivity index (χ0v) is 22.6. The van der Waals surface area contributed by atoms with Crippen molar-refractivity contribution >= 4 is 22.8 Å². The molecule has 0 radical (unpaired) electrons. The number of aliphatic carboxylic acids is 1. The highest BCUT2D eigenvalue weighted by molar-refractivity contribution is 5.90. The average molecular weight is 541 g/mol. The molecule has 8 heteroatoms. The maximum absolute atomic E-state index is 13.5. The summed E-state index contributed by atoms with van der Waals surface area (Å²) in [4.78, 5) is 28.9. The van der Waals surface area contributed by atoms with Gasteiger partial charge in [-0.05, 0) is 74.0 Å². The lowest BCUT2D eigenvalue weighted by atomic mass is 9.89. The molecule has 0 saturated carbocycles. The van der Waals surface area contributed by atoms with Crippen LogP contribution in [0.15, 0.2) is 78.9 Å². The molecule has 4 atom stereocenters. The monoisotopic (exact) mass is 540 g/mol. The predicted molar refractivity (Wildman–Crippen MR) is 155 cm³/mol. The molecule has 6 N–H and O–H groups in total. The summed E-state index contributed by atoms with van der Waals surface area (Å²) in [6, 6.07) is 24.1. The van der Waals surface area contributed by atoms with Crippen molar-refractivity contribution in [2.24, 2.45) is 5.73 Å². The molecule has 0 saturated heterocycles. The fourth-order valence-corrected chi connectivity index (χ4v) is 5.45. The number of carbonyl (C=O) groups is 2. The van der Waals surface area contributed by atoms with Crippen LogP contribution in [-0.4, -0.2) is 40.6 Å². The van der Waals surface area contributed by atoms with Crippen LogP contribution in [0.2, 0.25) is 0 Å². The molecule has 0 fully saturated rings. The Morgan fingerprint density at radius 1 is 1.05 bits per heavy atom. The summed E-state index contributed by atoms with van der Waals surface area (Å²) in [7, 11) is 0. The zero-order chi connectivity index (χ0) is 28.1. The highest BCUT2D eigenvalue weighted by Gasteiger charge is 2.35. The molecule has 1 aliphatic heterocycles. The number of carbonyl (C=O) groups excluding carboxylic acids is 1. The topological polar surface area (TPSA) is 129 Å². The standard InChI is InChI=1S/C32H36N4O4/c1-20(21-10-3-2-4-11-21)40-23-13-9-12-22(18-23)29-30-25(24-14-5-6-15-26(24)34-30)19-28(35-29)31(37)36-27(32(38)39)16-7-8-17-33/h2-6,9-15,18,20,27-29,34-35H,7-8,16-17,19,33H2,1H3,(H,36,37)(H,38,39). The lowest BCUT2D eigenvalue weighted by Crippen LogP contribution is -2.53. The van der Waals surface area contributed by atoms with Crippen LogP contribution in [-0.2, 0) is 16.0 Å². The number of nitrogens with two attached hydrogens (primary N) is 1. The van der Waals surface area contributed by atoms with Gasteiger partial charge in [0.15, 0.2) is 0 Å². The van der Waals surface area contributed by atoms with E-state index in [2.05, 4.69) is 21.7 Å². The van der Waals surface area contributed by atoms with Crippen LogP contribution < -0.4 is 21.1 Å². The van der Waals surface area contributed by atoms with Gasteiger partial charge in [-0.3, -0.25) is 10.1 Å². The number of carboxylic acids is 1. The largest absolute Gasteiger partial charge is 0.486 e. The summed E-state index contributed by atoms with van der Waals surface area (Å²) in [5.74, 6) is -0.639. The van der Waals surface area contributed by atoms with E-state index in [0.717, 1.165) is 39.0 Å². The first-order valence-corrected chi connectivity index (χ1v) is 13.8. The van der Waals surface area contributed by atoms with Gasteiger partial charge in [-0.15, -0.1) is 0 Å². The van der Waals surface area contributed by atoms with Crippen LogP contribution in [0.5, 0.6) is 5.75 Å². The van der Waals surface area contributed by atoms with E-state index in [1.807, 2.05) is 79.7 Å². The number of fused-ring (bicyclic) bond motifs is 3. The highest BCUT2D eigenvalue weighted by atomic mass is 16.5. The number of hydrogen-bond acceptors (Lipinski definition) is 5. The molecule has 208 valence electrons. The first kappa shape index (κ1) is 27.4. The lowest BCUT2D eigenvalue weighted by molar-refractivity contribution is -0.142. The van der Waals surface area contributed by atoms with Crippen LogP contribution in [0.25, 0.3) is 10.9 Å². The number of carboxylic acid groups (broad SMARTS) is 1. The van der Waals surface area contributed by atoms with E-state index in [1.165, 1.54) is 0 Å². The number of para-hydroxylation sites is 1. The van der Waals surface area contributed by atoms with E-state index in [0.29, 0.717) is 32.2 Å². The molecule has 4 aromatic rings. The van der Waals surface area contributed by atoms with E-state index in [4.69, 9.17) is 10.5 Å². The van der Waals surface area contributed by atoms with E-state index < -0.39 is 18.1 Å². The van der Waals surface area contributed by atoms with Gasteiger partial charge < -0.3 is 25.9 Å². The van der Waals surface area contributed by atoms with Crippen molar-refractivity contribution in [1.82, 2.24) is 15.6 Å². The number of unbranched alkanes of at least 4 members (excludes halogenated alkanes) is 1. The van der Waals surface area contributed by atoms with Crippen molar-refractivity contribution in [2.45, 2.75) is 56.8 Å². The smallest absolute Gasteiger partial charge is 0.326 e. The van der Waals surface area contributed by atoms with Crippen LogP contribution in [0, 0.1) is 0 Å². The van der Waals surface area contributed by atoms with Crippen molar-refractivity contribution in [3.8, 4) is 5.75 Å². The molecule has 0 aliphatic carbocycles. The van der Waals surface area contributed by atoms with E-state index >= 15 is 0 Å². The van der Waals surface area contributed by atoms with E-state index in [1.54, 1.807) is 0 Å². The molecule has 1 amide bonds. The normalized spacial score (nSPS) is 18.1. The second kappa shape index (κ2) is 12.4. The number of aromatic nitrogens is 1. The number of H-pyrrole nitrogens is 1. The van der Waals surface area contributed by atoms with Gasteiger partial charge in [0.1, 0.15) is 17.9 Å². The maximum Gasteiger partial charge on any atom is 0.326 e. The summed E-state index contributed by atoms with van der Waals surface area (Å²) in [6.45, 7) is 2.51. The van der Waals surface area contributed by atoms with Crippen LogP contribution in [0.3, 0.4) is 0 Å². The summed E-state index contributed by atoms with van der Waals surface area (Å²) in [5.41, 5.74) is 10.6. The van der Waals surface area contributed by atoms with Crippen LogP contribution in [0.4, 0.5) is 0 Å². The summed E-state index contributed by atoms with van der Waals surface area (Å²) >= 11 is 0. The SMILES string of the molecule is CC(Oc1cccc(C2NC(C(=O)NC(CCCCN)C(=O)O)Cc3c2[nH]c2ccccc32)c1)c1ccccc1. The second-order valence-electron chi connectivity index (χ2n) is 10.3. The molecule has 0 spiro atoms. The fraction of sp³-hybridized carbons (Fsp3) is 0.312. The van der Waals surface area contributed by atoms with Gasteiger partial charge in [-0.1, -0.05) is 60.7 Å². The minimum absolute atomic E-state index is 0.134. The third-order valence-corrected chi connectivity index (χ3v) is 7.56. The van der Waals surface area contributed by atoms with Gasteiger partial charge in [0.2, 0.25) is 5.91 Å². The van der Waals surface area contributed by atoms with Gasteiger partial charge in [0.25, 0.3) is 0 Å². The van der Waals surface area contributed by atoms with Crippen molar-refractivity contribution in [1.29, 1.82) is 0 Å². The molecule has 1 aliphatic rings. The van der Waals surface area contributed by atoms with E-state index in [-0.39, 0.29) is 18.1 Å². The molecule has 4 unspecified atom stereocenters. The molecule has 40 heavy (non-hydrogen) atoms. The quantitative estimate of drug-likeness (QED) is 0.177. The number of ether oxygens (including phenoxy) is 1. The average Bonchev–Trinajstić information content (AvgIpc) is 3.35. The number of benzene rings is 3. The van der Waals surface area contributed by atoms with Crippen molar-refractivity contribution in [3.63, 3.8) is 0 Å². The zero-order valence-electron chi connectivity index (χ0n) is 22.6. The molecule has 2 heterocycles.